The Bertz CT molecular complexity index is 691. The topological polar surface area (TPSA) is 48.7 Å². The van der Waals surface area contributed by atoms with E-state index in [9.17, 15) is 26.7 Å². The molecule has 2 rings (SSSR count). The van der Waals surface area contributed by atoms with Crippen LogP contribution in [0.1, 0.15) is 17.0 Å². The number of methoxy groups -OCH3 is 1. The summed E-state index contributed by atoms with van der Waals surface area (Å²) >= 11 is 0. The number of ketones is 1. The quantitative estimate of drug-likeness (QED) is 0.373. The van der Waals surface area contributed by atoms with Crippen LogP contribution in [0.25, 0.3) is 0 Å². The zero-order valence-corrected chi connectivity index (χ0v) is 16.3. The Kier molecular flexibility index (Phi) is 5.91. The summed E-state index contributed by atoms with van der Waals surface area (Å²) in [5, 5.41) is 0. The van der Waals surface area contributed by atoms with Crippen molar-refractivity contribution in [1.82, 2.24) is 0 Å². The first-order valence-corrected chi connectivity index (χ1v) is 11.6. The van der Waals surface area contributed by atoms with Crippen molar-refractivity contribution in [1.29, 1.82) is 0 Å². The van der Waals surface area contributed by atoms with Gasteiger partial charge in [-0.25, -0.2) is 0 Å². The second-order valence-electron chi connectivity index (χ2n) is 7.35. The maximum absolute atomic E-state index is 14.3. The number of alkyl halides is 5. The summed E-state index contributed by atoms with van der Waals surface area (Å²) in [5.41, 5.74) is 0. The Morgan fingerprint density at radius 1 is 1.22 bits per heavy atom. The number of hydrogen-bond acceptors (Lipinski definition) is 4. The Hall–Kier alpha value is -1.68. The van der Waals surface area contributed by atoms with Crippen molar-refractivity contribution in [3.05, 3.63) is 36.0 Å². The lowest BCUT2D eigenvalue weighted by atomic mass is 9.73. The van der Waals surface area contributed by atoms with Crippen LogP contribution in [-0.4, -0.2) is 39.4 Å². The zero-order chi connectivity index (χ0) is 20.6. The van der Waals surface area contributed by atoms with Gasteiger partial charge in [-0.05, 0) is 37.8 Å². The summed E-state index contributed by atoms with van der Waals surface area (Å²) < 4.78 is 83.7. The minimum Gasteiger partial charge on any atom is -0.547 e. The molecule has 0 saturated heterocycles. The first-order valence-electron chi connectivity index (χ1n) is 8.22. The second-order valence-corrected chi connectivity index (χ2v) is 11.8. The molecule has 0 aromatic carbocycles. The largest absolute Gasteiger partial charge is 0.547 e. The highest BCUT2D eigenvalue weighted by molar-refractivity contribution is 6.70. The van der Waals surface area contributed by atoms with Gasteiger partial charge in [0.2, 0.25) is 14.1 Å². The summed E-state index contributed by atoms with van der Waals surface area (Å²) in [7, 11) is -1.13. The summed E-state index contributed by atoms with van der Waals surface area (Å²) in [4.78, 5) is 12.7. The van der Waals surface area contributed by atoms with E-state index in [0.29, 0.717) is 0 Å². The number of Topliss-reactive ketones (excluding diaryl/α,β-unsaturated/α-hetero) is 1. The fraction of sp³-hybridized carbons (Fsp3) is 0.588. The van der Waals surface area contributed by atoms with Crippen LogP contribution in [0.5, 0.6) is 0 Å². The molecule has 0 spiro atoms. The molecule has 1 aromatic rings. The third-order valence-corrected chi connectivity index (χ3v) is 5.05. The van der Waals surface area contributed by atoms with Gasteiger partial charge < -0.3 is 13.6 Å². The molecular formula is C17H21F5O4Si. The monoisotopic (exact) mass is 412 g/mol. The van der Waals surface area contributed by atoms with Gasteiger partial charge in [-0.3, -0.25) is 4.79 Å². The average molecular weight is 412 g/mol. The van der Waals surface area contributed by atoms with Crippen molar-refractivity contribution in [2.24, 2.45) is 11.8 Å². The van der Waals surface area contributed by atoms with Gasteiger partial charge in [0, 0.05) is 13.5 Å². The van der Waals surface area contributed by atoms with Crippen LogP contribution in [-0.2, 0) is 9.16 Å². The molecule has 0 N–H and O–H groups in total. The summed E-state index contributed by atoms with van der Waals surface area (Å²) in [5.74, 6) is -10.5. The number of carbonyl (C=O) groups excluding carboxylic acids is 1. The third-order valence-electron chi connectivity index (χ3n) is 4.18. The van der Waals surface area contributed by atoms with Crippen molar-refractivity contribution in [3.63, 3.8) is 0 Å². The zero-order valence-electron chi connectivity index (χ0n) is 15.3. The van der Waals surface area contributed by atoms with Gasteiger partial charge in [0.15, 0.2) is 5.76 Å². The van der Waals surface area contributed by atoms with Crippen LogP contribution in [0.2, 0.25) is 19.6 Å². The molecule has 0 fully saturated rings. The van der Waals surface area contributed by atoms with Gasteiger partial charge in [-0.15, -0.1) is 0 Å². The first-order chi connectivity index (χ1) is 12.3. The molecule has 0 aliphatic heterocycles. The van der Waals surface area contributed by atoms with E-state index in [4.69, 9.17) is 13.6 Å². The average Bonchev–Trinajstić information content (AvgIpc) is 3.05. The number of furan rings is 1. The van der Waals surface area contributed by atoms with Crippen molar-refractivity contribution in [2.75, 3.05) is 7.11 Å². The highest BCUT2D eigenvalue weighted by Crippen LogP contribution is 2.50. The summed E-state index contributed by atoms with van der Waals surface area (Å²) in [6.45, 7) is 5.31. The van der Waals surface area contributed by atoms with E-state index < -0.39 is 50.6 Å². The molecule has 0 radical (unpaired) electrons. The maximum Gasteiger partial charge on any atom is 0.453 e. The number of hydrogen-bond donors (Lipinski definition) is 0. The Morgan fingerprint density at radius 3 is 2.30 bits per heavy atom. The van der Waals surface area contributed by atoms with Crippen molar-refractivity contribution >= 4 is 14.1 Å². The van der Waals surface area contributed by atoms with Crippen LogP contribution in [0, 0.1) is 11.8 Å². The first kappa shape index (κ1) is 21.6. The highest BCUT2D eigenvalue weighted by atomic mass is 28.4. The van der Waals surface area contributed by atoms with Crippen LogP contribution in [0.4, 0.5) is 22.0 Å². The lowest BCUT2D eigenvalue weighted by Gasteiger charge is -2.40. The SMILES string of the molecule is COC1C=C(O[Si](C)(C)C)C[C@H](C(F)(F)C(F)(F)F)[C@H]1C(=O)c1ccco1. The molecule has 10 heteroatoms. The van der Waals surface area contributed by atoms with Gasteiger partial charge in [0.05, 0.1) is 30.0 Å². The van der Waals surface area contributed by atoms with Crippen molar-refractivity contribution in [3.8, 4) is 0 Å². The molecule has 1 aliphatic carbocycles. The fourth-order valence-electron chi connectivity index (χ4n) is 3.09. The molecule has 1 aliphatic rings. The van der Waals surface area contributed by atoms with Crippen LogP contribution >= 0.6 is 0 Å². The van der Waals surface area contributed by atoms with E-state index in [-0.39, 0.29) is 11.5 Å². The molecule has 1 heterocycles. The molecule has 27 heavy (non-hydrogen) atoms. The van der Waals surface area contributed by atoms with Crippen LogP contribution < -0.4 is 0 Å². The van der Waals surface area contributed by atoms with E-state index in [1.807, 2.05) is 0 Å². The van der Waals surface area contributed by atoms with Crippen molar-refractivity contribution in [2.45, 2.75) is 44.3 Å². The highest BCUT2D eigenvalue weighted by Gasteiger charge is 2.66. The standard InChI is InChI=1S/C17H21F5O4Si/c1-24-13-9-10(26-27(2,3)4)8-11(16(18,19)17(20,21)22)14(13)15(23)12-6-5-7-25-12/h5-7,9,11,13-14H,8H2,1-4H3/t11-,13?,14+/m0/s1. The normalized spacial score (nSPS) is 24.5. The summed E-state index contributed by atoms with van der Waals surface area (Å²) in [6, 6.07) is 2.57. The maximum atomic E-state index is 14.3. The van der Waals surface area contributed by atoms with Gasteiger partial charge in [0.1, 0.15) is 0 Å². The minimum atomic E-state index is -5.82. The number of carbonyl (C=O) groups is 1. The molecule has 152 valence electrons. The van der Waals surface area contributed by atoms with E-state index in [1.54, 1.807) is 19.6 Å². The second kappa shape index (κ2) is 7.38. The molecule has 0 bridgehead atoms. The number of halogens is 5. The molecule has 0 saturated carbocycles. The van der Waals surface area contributed by atoms with E-state index in [1.165, 1.54) is 18.2 Å². The summed E-state index contributed by atoms with van der Waals surface area (Å²) in [6.07, 6.45) is -5.40. The molecule has 4 nitrogen and oxygen atoms in total. The van der Waals surface area contributed by atoms with Gasteiger partial charge >= 0.3 is 12.1 Å². The fourth-order valence-corrected chi connectivity index (χ4v) is 4.03. The number of ether oxygens (including phenoxy) is 1. The van der Waals surface area contributed by atoms with E-state index >= 15 is 0 Å². The number of rotatable bonds is 6. The smallest absolute Gasteiger partial charge is 0.453 e. The van der Waals surface area contributed by atoms with Crippen molar-refractivity contribution < 1.29 is 40.3 Å². The third kappa shape index (κ3) is 4.60. The number of allylic oxidation sites excluding steroid dienone is 1. The Balaban J connectivity index is 2.52. The lowest BCUT2D eigenvalue weighted by molar-refractivity contribution is -0.309. The van der Waals surface area contributed by atoms with Gasteiger partial charge in [-0.1, -0.05) is 0 Å². The van der Waals surface area contributed by atoms with E-state index in [0.717, 1.165) is 13.4 Å². The molecule has 3 atom stereocenters. The molecule has 0 amide bonds. The molecule has 1 unspecified atom stereocenters. The predicted molar refractivity (Wildman–Crippen MR) is 88.9 cm³/mol. The Labute approximate surface area is 154 Å². The predicted octanol–water partition coefficient (Wildman–Crippen LogP) is 5.05. The van der Waals surface area contributed by atoms with Crippen LogP contribution in [0.15, 0.2) is 34.6 Å². The molecular weight excluding hydrogens is 391 g/mol. The molecule has 1 aromatic heterocycles. The minimum absolute atomic E-state index is 0.0153. The van der Waals surface area contributed by atoms with E-state index in [2.05, 4.69) is 0 Å². The van der Waals surface area contributed by atoms with Crippen LogP contribution in [0.3, 0.4) is 0 Å². The lowest BCUT2D eigenvalue weighted by Crippen LogP contribution is -2.53. The van der Waals surface area contributed by atoms with Gasteiger partial charge in [0.25, 0.3) is 0 Å². The Morgan fingerprint density at radius 2 is 1.85 bits per heavy atom. The van der Waals surface area contributed by atoms with Gasteiger partial charge in [-0.2, -0.15) is 22.0 Å².